The van der Waals surface area contributed by atoms with E-state index in [9.17, 15) is 9.18 Å². The minimum atomic E-state index is -1.18. The van der Waals surface area contributed by atoms with Gasteiger partial charge in [0.1, 0.15) is 11.8 Å². The third-order valence-electron chi connectivity index (χ3n) is 4.45. The van der Waals surface area contributed by atoms with Gasteiger partial charge >= 0.3 is 6.09 Å². The number of halogens is 3. The van der Waals surface area contributed by atoms with E-state index in [1.807, 2.05) is 0 Å². The van der Waals surface area contributed by atoms with E-state index in [2.05, 4.69) is 4.99 Å². The highest BCUT2D eigenvalue weighted by Crippen LogP contribution is 2.33. The monoisotopic (exact) mass is 420 g/mol. The molecular weight excluding hydrogens is 398 g/mol. The van der Waals surface area contributed by atoms with E-state index in [1.165, 1.54) is 17.2 Å². The molecule has 0 radical (unpaired) electrons. The molecule has 1 saturated heterocycles. The number of hydrogen-bond acceptors (Lipinski definition) is 3. The van der Waals surface area contributed by atoms with Crippen LogP contribution in [0.5, 0.6) is 0 Å². The molecule has 0 saturated carbocycles. The number of amides is 1. The molecule has 1 aliphatic heterocycles. The molecule has 154 valence electrons. The topological polar surface area (TPSA) is 41.9 Å². The average Bonchev–Trinajstić information content (AvgIpc) is 3.01. The Labute approximate surface area is 174 Å². The summed E-state index contributed by atoms with van der Waals surface area (Å²) < 4.78 is 34.3. The van der Waals surface area contributed by atoms with Crippen LogP contribution in [0.15, 0.2) is 47.5 Å². The van der Waals surface area contributed by atoms with Crippen molar-refractivity contribution < 1.29 is 18.3 Å². The number of likely N-dealkylation sites (tertiary alicyclic amines) is 1. The maximum absolute atomic E-state index is 15.0. The highest BCUT2D eigenvalue weighted by Gasteiger charge is 2.36. The summed E-state index contributed by atoms with van der Waals surface area (Å²) in [4.78, 5) is 17.9. The van der Waals surface area contributed by atoms with E-state index in [0.29, 0.717) is 16.1 Å². The molecule has 29 heavy (non-hydrogen) atoms. The third kappa shape index (κ3) is 5.12. The fourth-order valence-electron chi connectivity index (χ4n) is 3.16. The smallest absolute Gasteiger partial charge is 0.410 e. The summed E-state index contributed by atoms with van der Waals surface area (Å²) in [6, 6.07) is 11.2. The zero-order valence-electron chi connectivity index (χ0n) is 16.5. The lowest BCUT2D eigenvalue weighted by Gasteiger charge is -2.26. The lowest BCUT2D eigenvalue weighted by atomic mass is 10.0. The Bertz CT molecular complexity index is 927. The lowest BCUT2D eigenvalue weighted by Crippen LogP contribution is -2.40. The molecule has 7 heteroatoms. The molecule has 1 amide bonds. The van der Waals surface area contributed by atoms with Crippen molar-refractivity contribution in [3.63, 3.8) is 0 Å². The highest BCUT2D eigenvalue weighted by atomic mass is 35.5. The van der Waals surface area contributed by atoms with Gasteiger partial charge in [-0.25, -0.2) is 13.6 Å². The second kappa shape index (κ2) is 8.49. The molecule has 0 bridgehead atoms. The van der Waals surface area contributed by atoms with Crippen LogP contribution in [0.1, 0.15) is 27.2 Å². The van der Waals surface area contributed by atoms with E-state index in [-0.39, 0.29) is 18.7 Å². The Kier molecular flexibility index (Phi) is 6.22. The van der Waals surface area contributed by atoms with Crippen LogP contribution in [-0.4, -0.2) is 41.6 Å². The van der Waals surface area contributed by atoms with E-state index in [0.717, 1.165) is 0 Å². The first-order valence-corrected chi connectivity index (χ1v) is 9.75. The molecule has 1 fully saturated rings. The van der Waals surface area contributed by atoms with Crippen LogP contribution in [0.2, 0.25) is 5.02 Å². The van der Waals surface area contributed by atoms with Crippen LogP contribution in [0.4, 0.5) is 19.3 Å². The lowest BCUT2D eigenvalue weighted by molar-refractivity contribution is 0.0259. The second-order valence-corrected chi connectivity index (χ2v) is 8.34. The van der Waals surface area contributed by atoms with Crippen molar-refractivity contribution in [2.75, 3.05) is 6.54 Å². The first kappa shape index (κ1) is 21.2. The number of benzene rings is 2. The van der Waals surface area contributed by atoms with Gasteiger partial charge in [-0.2, -0.15) is 0 Å². The number of rotatable bonds is 3. The van der Waals surface area contributed by atoms with E-state index < -0.39 is 29.7 Å². The summed E-state index contributed by atoms with van der Waals surface area (Å²) in [6.45, 7) is 5.15. The van der Waals surface area contributed by atoms with Crippen molar-refractivity contribution in [2.24, 2.45) is 4.99 Å². The van der Waals surface area contributed by atoms with Gasteiger partial charge in [-0.05, 0) is 32.9 Å². The maximum Gasteiger partial charge on any atom is 0.410 e. The van der Waals surface area contributed by atoms with E-state index in [1.54, 1.807) is 57.2 Å². The normalized spacial score (nSPS) is 19.7. The fourth-order valence-corrected chi connectivity index (χ4v) is 3.40. The molecule has 0 aliphatic carbocycles. The summed E-state index contributed by atoms with van der Waals surface area (Å²) in [7, 11) is 0. The van der Waals surface area contributed by atoms with Crippen molar-refractivity contribution >= 4 is 29.6 Å². The van der Waals surface area contributed by atoms with Gasteiger partial charge in [0.2, 0.25) is 0 Å². The largest absolute Gasteiger partial charge is 0.444 e. The zero-order chi connectivity index (χ0) is 21.2. The van der Waals surface area contributed by atoms with Crippen LogP contribution in [0.25, 0.3) is 11.1 Å². The zero-order valence-corrected chi connectivity index (χ0v) is 17.3. The maximum atomic E-state index is 15.0. The second-order valence-electron chi connectivity index (χ2n) is 7.93. The van der Waals surface area contributed by atoms with Crippen LogP contribution < -0.4 is 0 Å². The summed E-state index contributed by atoms with van der Waals surface area (Å²) in [5, 5.41) is 0.430. The molecule has 1 heterocycles. The molecule has 2 aromatic carbocycles. The first-order valence-electron chi connectivity index (χ1n) is 9.37. The van der Waals surface area contributed by atoms with Crippen molar-refractivity contribution in [1.82, 2.24) is 4.90 Å². The SMILES string of the molecule is CC(C)(C)OC(=O)N1C[C@H](F)C[C@H]1/C=N\c1cccc(-c2ccccc2Cl)c1F. The minimum Gasteiger partial charge on any atom is -0.444 e. The van der Waals surface area contributed by atoms with Crippen molar-refractivity contribution in [3.8, 4) is 11.1 Å². The summed E-state index contributed by atoms with van der Waals surface area (Å²) in [5.74, 6) is -0.532. The predicted molar refractivity (Wildman–Crippen MR) is 111 cm³/mol. The average molecular weight is 421 g/mol. The Hall–Kier alpha value is -2.47. The molecule has 0 aromatic heterocycles. The molecule has 2 aromatic rings. The van der Waals surface area contributed by atoms with Gasteiger partial charge in [-0.15, -0.1) is 0 Å². The molecule has 0 unspecified atom stereocenters. The number of carbonyl (C=O) groups excluding carboxylic acids is 1. The van der Waals surface area contributed by atoms with Crippen LogP contribution in [0, 0.1) is 5.82 Å². The molecule has 3 rings (SSSR count). The van der Waals surface area contributed by atoms with Gasteiger partial charge in [-0.1, -0.05) is 41.9 Å². The van der Waals surface area contributed by atoms with Crippen molar-refractivity contribution in [1.29, 1.82) is 0 Å². The summed E-state index contributed by atoms with van der Waals surface area (Å²) in [5.41, 5.74) is 0.282. The standard InChI is InChI=1S/C22H23ClF2N2O2/c1-22(2,3)29-21(28)27-13-14(24)11-15(27)12-26-19-10-6-8-17(20(19)25)16-7-4-5-9-18(16)23/h4-10,12,14-15H,11,13H2,1-3H3/b26-12-/t14-,15+/m1/s1. The molecule has 1 aliphatic rings. The molecule has 0 N–H and O–H groups in total. The van der Waals surface area contributed by atoms with Crippen LogP contribution in [-0.2, 0) is 4.74 Å². The number of nitrogens with zero attached hydrogens (tertiary/aromatic N) is 2. The predicted octanol–water partition coefficient (Wildman–Crippen LogP) is 6.20. The minimum absolute atomic E-state index is 0.0756. The number of alkyl halides is 1. The summed E-state index contributed by atoms with van der Waals surface area (Å²) >= 11 is 6.18. The Morgan fingerprint density at radius 1 is 1.21 bits per heavy atom. The van der Waals surface area contributed by atoms with Gasteiger partial charge in [0, 0.05) is 28.8 Å². The number of hydrogen-bond donors (Lipinski definition) is 0. The quantitative estimate of drug-likeness (QED) is 0.555. The van der Waals surface area contributed by atoms with E-state index in [4.69, 9.17) is 16.3 Å². The van der Waals surface area contributed by atoms with Crippen molar-refractivity contribution in [2.45, 2.75) is 45.0 Å². The van der Waals surface area contributed by atoms with Crippen LogP contribution >= 0.6 is 11.6 Å². The van der Waals surface area contributed by atoms with E-state index >= 15 is 4.39 Å². The first-order chi connectivity index (χ1) is 13.7. The van der Waals surface area contributed by atoms with Crippen LogP contribution in [0.3, 0.4) is 0 Å². The number of carbonyl (C=O) groups is 1. The van der Waals surface area contributed by atoms with Gasteiger partial charge < -0.3 is 4.74 Å². The van der Waals surface area contributed by atoms with Gasteiger partial charge in [0.15, 0.2) is 5.82 Å². The molecule has 0 spiro atoms. The Balaban J connectivity index is 1.84. The van der Waals surface area contributed by atoms with Gasteiger partial charge in [-0.3, -0.25) is 9.89 Å². The summed E-state index contributed by atoms with van der Waals surface area (Å²) in [6.07, 6.45) is -0.301. The Morgan fingerprint density at radius 3 is 2.59 bits per heavy atom. The molecule has 2 atom stereocenters. The highest BCUT2D eigenvalue weighted by molar-refractivity contribution is 6.33. The van der Waals surface area contributed by atoms with Crippen molar-refractivity contribution in [3.05, 3.63) is 53.3 Å². The molecule has 4 nitrogen and oxygen atoms in total. The number of ether oxygens (including phenoxy) is 1. The van der Waals surface area contributed by atoms with Gasteiger partial charge in [0.05, 0.1) is 18.3 Å². The van der Waals surface area contributed by atoms with Gasteiger partial charge in [0.25, 0.3) is 0 Å². The number of aliphatic imine (C=N–C) groups is 1. The third-order valence-corrected chi connectivity index (χ3v) is 4.78. The fraction of sp³-hybridized carbons (Fsp3) is 0.364. The molecular formula is C22H23ClF2N2O2. The Morgan fingerprint density at radius 2 is 1.90 bits per heavy atom.